The summed E-state index contributed by atoms with van der Waals surface area (Å²) in [6.07, 6.45) is 1.78. The molecule has 0 aliphatic carbocycles. The molecule has 4 rings (SSSR count). The quantitative estimate of drug-likeness (QED) is 0.715. The van der Waals surface area contributed by atoms with Crippen molar-refractivity contribution >= 4 is 28.6 Å². The van der Waals surface area contributed by atoms with Crippen molar-refractivity contribution in [3.05, 3.63) is 69.7 Å². The lowest BCUT2D eigenvalue weighted by Crippen LogP contribution is -2.44. The predicted molar refractivity (Wildman–Crippen MR) is 108 cm³/mol. The molecule has 2 heterocycles. The number of nitrogens with zero attached hydrogens (tertiary/aromatic N) is 2. The second kappa shape index (κ2) is 8.20. The second-order valence-electron chi connectivity index (χ2n) is 7.14. The monoisotopic (exact) mass is 399 g/mol. The minimum Gasteiger partial charge on any atom is -0.408 e. The van der Waals surface area contributed by atoms with Gasteiger partial charge in [0.15, 0.2) is 5.58 Å². The van der Waals surface area contributed by atoms with Crippen LogP contribution in [0.25, 0.3) is 11.1 Å². The topological polar surface area (TPSA) is 67.5 Å². The molecule has 1 aromatic heterocycles. The van der Waals surface area contributed by atoms with Gasteiger partial charge < -0.3 is 9.73 Å². The van der Waals surface area contributed by atoms with Crippen LogP contribution in [0.3, 0.4) is 0 Å². The van der Waals surface area contributed by atoms with Gasteiger partial charge in [-0.2, -0.15) is 0 Å². The molecule has 1 saturated heterocycles. The maximum atomic E-state index is 12.4. The third-order valence-corrected chi connectivity index (χ3v) is 5.36. The number of fused-ring (bicyclic) bond motifs is 1. The van der Waals surface area contributed by atoms with E-state index in [1.54, 1.807) is 22.8 Å². The van der Waals surface area contributed by atoms with Gasteiger partial charge in [0.2, 0.25) is 5.91 Å². The van der Waals surface area contributed by atoms with Crippen LogP contribution in [0.5, 0.6) is 0 Å². The summed E-state index contributed by atoms with van der Waals surface area (Å²) < 4.78 is 7.04. The molecule has 0 spiro atoms. The summed E-state index contributed by atoms with van der Waals surface area (Å²) in [5.74, 6) is -0.394. The molecule has 1 atom stereocenters. The number of halogens is 1. The van der Waals surface area contributed by atoms with E-state index in [2.05, 4.69) is 10.2 Å². The smallest absolute Gasteiger partial charge is 0.408 e. The standard InChI is InChI=1S/C21H22ClN3O3/c22-16-8-9-19-18(11-16)25(21(27)28-19)17-7-4-10-24(13-17)14-20(26)23-12-15-5-2-1-3-6-15/h1-3,5-6,8-9,11,17H,4,7,10,12-14H2,(H,23,26). The summed E-state index contributed by atoms with van der Waals surface area (Å²) in [5.41, 5.74) is 2.31. The van der Waals surface area contributed by atoms with Gasteiger partial charge in [-0.05, 0) is 43.1 Å². The van der Waals surface area contributed by atoms with Gasteiger partial charge in [0.25, 0.3) is 0 Å². The molecule has 146 valence electrons. The van der Waals surface area contributed by atoms with E-state index in [-0.39, 0.29) is 17.7 Å². The van der Waals surface area contributed by atoms with Crippen molar-refractivity contribution in [3.63, 3.8) is 0 Å². The number of aromatic nitrogens is 1. The highest BCUT2D eigenvalue weighted by molar-refractivity contribution is 6.31. The Morgan fingerprint density at radius 3 is 2.86 bits per heavy atom. The number of rotatable bonds is 5. The zero-order valence-corrected chi connectivity index (χ0v) is 16.2. The Hall–Kier alpha value is -2.57. The first-order valence-electron chi connectivity index (χ1n) is 9.44. The average Bonchev–Trinajstić information content (AvgIpc) is 3.02. The zero-order chi connectivity index (χ0) is 19.5. The van der Waals surface area contributed by atoms with Crippen LogP contribution in [0.4, 0.5) is 0 Å². The maximum Gasteiger partial charge on any atom is 0.420 e. The largest absolute Gasteiger partial charge is 0.420 e. The van der Waals surface area contributed by atoms with Gasteiger partial charge >= 0.3 is 5.76 Å². The Morgan fingerprint density at radius 1 is 1.21 bits per heavy atom. The molecule has 1 aliphatic heterocycles. The summed E-state index contributed by atoms with van der Waals surface area (Å²) in [6, 6.07) is 15.0. The second-order valence-corrected chi connectivity index (χ2v) is 7.58. The van der Waals surface area contributed by atoms with Gasteiger partial charge in [-0.1, -0.05) is 41.9 Å². The molecule has 28 heavy (non-hydrogen) atoms. The van der Waals surface area contributed by atoms with E-state index in [9.17, 15) is 9.59 Å². The summed E-state index contributed by atoms with van der Waals surface area (Å²) in [7, 11) is 0. The van der Waals surface area contributed by atoms with Gasteiger partial charge in [0.1, 0.15) is 0 Å². The molecule has 1 fully saturated rings. The Morgan fingerprint density at radius 2 is 2.04 bits per heavy atom. The summed E-state index contributed by atoms with van der Waals surface area (Å²) in [6.45, 7) is 2.29. The number of oxazole rings is 1. The van der Waals surface area contributed by atoms with Crippen molar-refractivity contribution in [2.45, 2.75) is 25.4 Å². The average molecular weight is 400 g/mol. The molecule has 1 unspecified atom stereocenters. The number of nitrogens with one attached hydrogen (secondary N) is 1. The molecule has 6 nitrogen and oxygen atoms in total. The normalized spacial score (nSPS) is 17.7. The Balaban J connectivity index is 1.42. The number of carbonyl (C=O) groups excluding carboxylic acids is 1. The van der Waals surface area contributed by atoms with E-state index in [0.717, 1.165) is 24.9 Å². The van der Waals surface area contributed by atoms with Gasteiger partial charge in [-0.25, -0.2) is 4.79 Å². The predicted octanol–water partition coefficient (Wildman–Crippen LogP) is 3.20. The minimum atomic E-state index is -0.377. The lowest BCUT2D eigenvalue weighted by molar-refractivity contribution is -0.122. The van der Waals surface area contributed by atoms with E-state index < -0.39 is 0 Å². The molecule has 0 saturated carbocycles. The van der Waals surface area contributed by atoms with E-state index in [1.807, 2.05) is 30.3 Å². The molecular weight excluding hydrogens is 378 g/mol. The number of carbonyl (C=O) groups is 1. The fourth-order valence-corrected chi connectivity index (χ4v) is 3.96. The Labute approximate surface area is 167 Å². The van der Waals surface area contributed by atoms with Crippen LogP contribution in [-0.2, 0) is 11.3 Å². The Bertz CT molecular complexity index is 1030. The van der Waals surface area contributed by atoms with Gasteiger partial charge in [-0.15, -0.1) is 0 Å². The molecule has 1 aliphatic rings. The van der Waals surface area contributed by atoms with Crippen molar-refractivity contribution in [1.82, 2.24) is 14.8 Å². The van der Waals surface area contributed by atoms with Crippen LogP contribution in [0, 0.1) is 0 Å². The first kappa shape index (κ1) is 18.8. The third kappa shape index (κ3) is 4.13. The number of likely N-dealkylation sites (tertiary alicyclic amines) is 1. The molecular formula is C21H22ClN3O3. The molecule has 0 radical (unpaired) electrons. The number of piperidine rings is 1. The summed E-state index contributed by atoms with van der Waals surface area (Å²) in [5, 5.41) is 3.52. The van der Waals surface area contributed by atoms with Gasteiger partial charge in [0.05, 0.1) is 18.1 Å². The molecule has 1 amide bonds. The number of hydrogen-bond donors (Lipinski definition) is 1. The number of amides is 1. The van der Waals surface area contributed by atoms with E-state index >= 15 is 0 Å². The first-order valence-corrected chi connectivity index (χ1v) is 9.81. The first-order chi connectivity index (χ1) is 13.6. The van der Waals surface area contributed by atoms with Gasteiger partial charge in [-0.3, -0.25) is 14.3 Å². The molecule has 1 N–H and O–H groups in total. The Kier molecular flexibility index (Phi) is 5.50. The lowest BCUT2D eigenvalue weighted by atomic mass is 10.1. The van der Waals surface area contributed by atoms with Crippen molar-refractivity contribution in [2.24, 2.45) is 0 Å². The summed E-state index contributed by atoms with van der Waals surface area (Å²) in [4.78, 5) is 26.8. The van der Waals surface area contributed by atoms with Crippen LogP contribution in [0.15, 0.2) is 57.7 Å². The lowest BCUT2D eigenvalue weighted by Gasteiger charge is -2.32. The van der Waals surface area contributed by atoms with Crippen LogP contribution in [0.2, 0.25) is 5.02 Å². The molecule has 7 heteroatoms. The SMILES string of the molecule is O=C(CN1CCCC(n2c(=O)oc3ccc(Cl)cc32)C1)NCc1ccccc1. The van der Waals surface area contributed by atoms with Crippen molar-refractivity contribution in [3.8, 4) is 0 Å². The van der Waals surface area contributed by atoms with E-state index in [0.29, 0.717) is 35.8 Å². The van der Waals surface area contributed by atoms with Crippen molar-refractivity contribution < 1.29 is 9.21 Å². The highest BCUT2D eigenvalue weighted by atomic mass is 35.5. The van der Waals surface area contributed by atoms with Crippen molar-refractivity contribution in [1.29, 1.82) is 0 Å². The van der Waals surface area contributed by atoms with Gasteiger partial charge in [0, 0.05) is 18.1 Å². The fourth-order valence-electron chi connectivity index (χ4n) is 3.79. The van der Waals surface area contributed by atoms with E-state index in [1.165, 1.54) is 0 Å². The highest BCUT2D eigenvalue weighted by Crippen LogP contribution is 2.26. The number of benzene rings is 2. The fraction of sp³-hybridized carbons (Fsp3) is 0.333. The maximum absolute atomic E-state index is 12.4. The molecule has 3 aromatic rings. The van der Waals surface area contributed by atoms with Crippen LogP contribution in [0.1, 0.15) is 24.4 Å². The molecule has 2 aromatic carbocycles. The summed E-state index contributed by atoms with van der Waals surface area (Å²) >= 11 is 6.10. The number of hydrogen-bond acceptors (Lipinski definition) is 4. The minimum absolute atomic E-state index is 0.0167. The van der Waals surface area contributed by atoms with Crippen LogP contribution < -0.4 is 11.1 Å². The van der Waals surface area contributed by atoms with Crippen molar-refractivity contribution in [2.75, 3.05) is 19.6 Å². The highest BCUT2D eigenvalue weighted by Gasteiger charge is 2.26. The third-order valence-electron chi connectivity index (χ3n) is 5.12. The van der Waals surface area contributed by atoms with Crippen LogP contribution in [-0.4, -0.2) is 35.0 Å². The zero-order valence-electron chi connectivity index (χ0n) is 15.4. The molecule has 0 bridgehead atoms. The van der Waals surface area contributed by atoms with E-state index in [4.69, 9.17) is 16.0 Å². The van der Waals surface area contributed by atoms with Crippen LogP contribution >= 0.6 is 11.6 Å².